The zero-order chi connectivity index (χ0) is 17.4. The second-order valence-corrected chi connectivity index (χ2v) is 6.20. The highest BCUT2D eigenvalue weighted by Crippen LogP contribution is 2.38. The molecular formula is C21H19N3O. The van der Waals surface area contributed by atoms with Crippen molar-refractivity contribution < 1.29 is 4.52 Å². The van der Waals surface area contributed by atoms with E-state index in [1.807, 2.05) is 32.2 Å². The van der Waals surface area contributed by atoms with Crippen LogP contribution in [-0.2, 0) is 6.54 Å². The van der Waals surface area contributed by atoms with Crippen LogP contribution in [0.1, 0.15) is 33.8 Å². The smallest absolute Gasteiger partial charge is 0.141 e. The third kappa shape index (κ3) is 2.66. The molecule has 0 radical (unpaired) electrons. The Labute approximate surface area is 147 Å². The third-order valence-electron chi connectivity index (χ3n) is 4.50. The monoisotopic (exact) mass is 329 g/mol. The molecular weight excluding hydrogens is 310 g/mol. The third-order valence-corrected chi connectivity index (χ3v) is 4.50. The SMILES string of the molecule is C=C1c2cccnc2C(c2c(C)noc2C)=CN1Cc1ccccc1. The van der Waals surface area contributed by atoms with E-state index >= 15 is 0 Å². The first-order valence-electron chi connectivity index (χ1n) is 8.25. The predicted molar refractivity (Wildman–Crippen MR) is 98.3 cm³/mol. The van der Waals surface area contributed by atoms with Gasteiger partial charge in [0.25, 0.3) is 0 Å². The minimum atomic E-state index is 0.751. The molecule has 0 fully saturated rings. The Bertz CT molecular complexity index is 950. The highest BCUT2D eigenvalue weighted by atomic mass is 16.5. The van der Waals surface area contributed by atoms with Crippen molar-refractivity contribution in [2.45, 2.75) is 20.4 Å². The molecule has 0 saturated carbocycles. The lowest BCUT2D eigenvalue weighted by atomic mass is 9.93. The van der Waals surface area contributed by atoms with Crippen LogP contribution in [-0.4, -0.2) is 15.0 Å². The first kappa shape index (κ1) is 15.4. The molecule has 0 spiro atoms. The molecule has 25 heavy (non-hydrogen) atoms. The van der Waals surface area contributed by atoms with Crippen molar-refractivity contribution >= 4 is 11.3 Å². The number of aryl methyl sites for hydroxylation is 2. The van der Waals surface area contributed by atoms with Gasteiger partial charge in [-0.05, 0) is 31.5 Å². The van der Waals surface area contributed by atoms with Crippen molar-refractivity contribution in [3.8, 4) is 0 Å². The van der Waals surface area contributed by atoms with Crippen LogP contribution in [0, 0.1) is 13.8 Å². The van der Waals surface area contributed by atoms with Crippen LogP contribution in [0.3, 0.4) is 0 Å². The van der Waals surface area contributed by atoms with Gasteiger partial charge in [-0.2, -0.15) is 0 Å². The van der Waals surface area contributed by atoms with E-state index < -0.39 is 0 Å². The van der Waals surface area contributed by atoms with E-state index in [2.05, 4.69) is 58.2 Å². The maximum Gasteiger partial charge on any atom is 0.141 e. The van der Waals surface area contributed by atoms with E-state index in [-0.39, 0.29) is 0 Å². The summed E-state index contributed by atoms with van der Waals surface area (Å²) < 4.78 is 5.38. The summed E-state index contributed by atoms with van der Waals surface area (Å²) >= 11 is 0. The Balaban J connectivity index is 1.85. The standard InChI is InChI=1S/C21H19N3O/c1-14-20(16(3)25-23-14)19-13-24(12-17-8-5-4-6-9-17)15(2)18-10-7-11-22-21(18)19/h4-11,13H,2,12H2,1,3H3. The van der Waals surface area contributed by atoms with E-state index in [1.165, 1.54) is 5.56 Å². The fourth-order valence-electron chi connectivity index (χ4n) is 3.27. The lowest BCUT2D eigenvalue weighted by Crippen LogP contribution is -2.21. The van der Waals surface area contributed by atoms with Crippen molar-refractivity contribution in [2.24, 2.45) is 0 Å². The number of hydrogen-bond acceptors (Lipinski definition) is 4. The summed E-state index contributed by atoms with van der Waals surface area (Å²) in [6.07, 6.45) is 3.92. The van der Waals surface area contributed by atoms with E-state index in [9.17, 15) is 0 Å². The van der Waals surface area contributed by atoms with Crippen LogP contribution in [0.2, 0.25) is 0 Å². The lowest BCUT2D eigenvalue weighted by molar-refractivity contribution is 0.393. The quantitative estimate of drug-likeness (QED) is 0.706. The number of nitrogens with zero attached hydrogens (tertiary/aromatic N) is 3. The minimum Gasteiger partial charge on any atom is -0.361 e. The maximum atomic E-state index is 5.38. The molecule has 0 aliphatic carbocycles. The Hall–Kier alpha value is -3.14. The van der Waals surface area contributed by atoms with Gasteiger partial charge in [0, 0.05) is 35.8 Å². The number of pyridine rings is 1. The first-order chi connectivity index (χ1) is 12.1. The van der Waals surface area contributed by atoms with Crippen molar-refractivity contribution in [1.82, 2.24) is 15.0 Å². The van der Waals surface area contributed by atoms with Crippen LogP contribution in [0.5, 0.6) is 0 Å². The molecule has 124 valence electrons. The summed E-state index contributed by atoms with van der Waals surface area (Å²) in [7, 11) is 0. The van der Waals surface area contributed by atoms with Crippen molar-refractivity contribution in [2.75, 3.05) is 0 Å². The van der Waals surface area contributed by atoms with Gasteiger partial charge < -0.3 is 9.42 Å². The minimum absolute atomic E-state index is 0.751. The zero-order valence-electron chi connectivity index (χ0n) is 14.4. The summed E-state index contributed by atoms with van der Waals surface area (Å²) in [5, 5.41) is 4.11. The summed E-state index contributed by atoms with van der Waals surface area (Å²) in [6, 6.07) is 14.4. The number of rotatable bonds is 3. The fraction of sp³-hybridized carbons (Fsp3) is 0.143. The molecule has 4 nitrogen and oxygen atoms in total. The van der Waals surface area contributed by atoms with E-state index in [1.54, 1.807) is 0 Å². The van der Waals surface area contributed by atoms with Crippen LogP contribution in [0.25, 0.3) is 11.3 Å². The molecule has 1 aliphatic heterocycles. The molecule has 3 aromatic rings. The van der Waals surface area contributed by atoms with Gasteiger partial charge in [-0.15, -0.1) is 0 Å². The molecule has 1 aromatic carbocycles. The number of hydrogen-bond donors (Lipinski definition) is 0. The van der Waals surface area contributed by atoms with E-state index in [0.29, 0.717) is 0 Å². The highest BCUT2D eigenvalue weighted by Gasteiger charge is 2.26. The molecule has 4 rings (SSSR count). The fourth-order valence-corrected chi connectivity index (χ4v) is 3.27. The van der Waals surface area contributed by atoms with Gasteiger partial charge >= 0.3 is 0 Å². The van der Waals surface area contributed by atoms with Crippen LogP contribution in [0.15, 0.2) is 66.0 Å². The molecule has 3 heterocycles. The van der Waals surface area contributed by atoms with Crippen LogP contribution >= 0.6 is 0 Å². The Kier molecular flexibility index (Phi) is 3.73. The van der Waals surface area contributed by atoms with Gasteiger partial charge in [-0.1, -0.05) is 42.1 Å². The highest BCUT2D eigenvalue weighted by molar-refractivity contribution is 5.89. The maximum absolute atomic E-state index is 5.38. The normalized spacial score (nSPS) is 13.6. The van der Waals surface area contributed by atoms with Gasteiger partial charge in [-0.25, -0.2) is 0 Å². The average Bonchev–Trinajstić information content (AvgIpc) is 2.97. The molecule has 0 N–H and O–H groups in total. The van der Waals surface area contributed by atoms with Crippen LogP contribution < -0.4 is 0 Å². The van der Waals surface area contributed by atoms with E-state index in [4.69, 9.17) is 4.52 Å². The molecule has 1 aliphatic rings. The lowest BCUT2D eigenvalue weighted by Gasteiger charge is -2.30. The Morgan fingerprint density at radius 2 is 1.88 bits per heavy atom. The predicted octanol–water partition coefficient (Wildman–Crippen LogP) is 4.56. The molecule has 0 saturated heterocycles. The summed E-state index contributed by atoms with van der Waals surface area (Å²) in [6.45, 7) is 8.94. The van der Waals surface area contributed by atoms with Gasteiger partial charge in [0.05, 0.1) is 17.0 Å². The molecule has 2 aromatic heterocycles. The number of fused-ring (bicyclic) bond motifs is 1. The molecule has 0 amide bonds. The van der Waals surface area contributed by atoms with Gasteiger partial charge in [-0.3, -0.25) is 4.98 Å². The van der Waals surface area contributed by atoms with Crippen molar-refractivity contribution in [3.05, 3.63) is 95.3 Å². The largest absolute Gasteiger partial charge is 0.361 e. The van der Waals surface area contributed by atoms with Crippen molar-refractivity contribution in [3.63, 3.8) is 0 Å². The summed E-state index contributed by atoms with van der Waals surface area (Å²) in [4.78, 5) is 6.77. The molecule has 0 atom stereocenters. The van der Waals surface area contributed by atoms with Gasteiger partial charge in [0.2, 0.25) is 0 Å². The molecule has 0 unspecified atom stereocenters. The summed E-state index contributed by atoms with van der Waals surface area (Å²) in [5.41, 5.74) is 7.03. The first-order valence-corrected chi connectivity index (χ1v) is 8.25. The average molecular weight is 329 g/mol. The topological polar surface area (TPSA) is 42.2 Å². The van der Waals surface area contributed by atoms with Gasteiger partial charge in [0.1, 0.15) is 5.76 Å². The Morgan fingerprint density at radius 3 is 2.60 bits per heavy atom. The second kappa shape index (κ2) is 6.06. The van der Waals surface area contributed by atoms with Crippen LogP contribution in [0.4, 0.5) is 0 Å². The molecule has 0 bridgehead atoms. The number of aromatic nitrogens is 2. The summed E-state index contributed by atoms with van der Waals surface area (Å²) in [5.74, 6) is 0.799. The Morgan fingerprint density at radius 1 is 1.08 bits per heavy atom. The van der Waals surface area contributed by atoms with Crippen molar-refractivity contribution in [1.29, 1.82) is 0 Å². The van der Waals surface area contributed by atoms with E-state index in [0.717, 1.165) is 46.1 Å². The zero-order valence-corrected chi connectivity index (χ0v) is 14.4. The second-order valence-electron chi connectivity index (χ2n) is 6.20. The van der Waals surface area contributed by atoms with Gasteiger partial charge in [0.15, 0.2) is 0 Å². The molecule has 4 heteroatoms. The number of benzene rings is 1.